The maximum Gasteiger partial charge on any atom is 0.268 e. The van der Waals surface area contributed by atoms with Crippen molar-refractivity contribution in [2.24, 2.45) is 0 Å². The van der Waals surface area contributed by atoms with Gasteiger partial charge in [0.15, 0.2) is 0 Å². The van der Waals surface area contributed by atoms with Gasteiger partial charge >= 0.3 is 0 Å². The Bertz CT molecular complexity index is 603. The average molecular weight is 232 g/mol. The maximum absolute atomic E-state index is 11.6. The number of aromatic nitrogens is 1. The van der Waals surface area contributed by atoms with Crippen LogP contribution in [0.4, 0.5) is 5.69 Å². The molecule has 0 spiro atoms. The molecular formula is C11H10N3O3-. The number of hydrogen-bond donors (Lipinski definition) is 3. The lowest BCUT2D eigenvalue weighted by molar-refractivity contribution is 0.0942. The van der Waals surface area contributed by atoms with Gasteiger partial charge in [-0.15, -0.1) is 0 Å². The van der Waals surface area contributed by atoms with Crippen LogP contribution in [-0.4, -0.2) is 22.6 Å². The first-order valence-electron chi connectivity index (χ1n) is 5.26. The summed E-state index contributed by atoms with van der Waals surface area (Å²) in [5.41, 5.74) is 2.38. The van der Waals surface area contributed by atoms with Crippen molar-refractivity contribution < 1.29 is 10.0 Å². The summed E-state index contributed by atoms with van der Waals surface area (Å²) in [5.74, 6) is -0.132. The van der Waals surface area contributed by atoms with Gasteiger partial charge in [-0.1, -0.05) is 0 Å². The molecule has 0 saturated carbocycles. The van der Waals surface area contributed by atoms with Crippen molar-refractivity contribution in [3.05, 3.63) is 34.7 Å². The standard InChI is InChI=1S/C11H10N3O3/c15-11-10-7(3-4-12-11)8-5-6(14(16)17)1-2-9(8)13-10/h1-2,5,13,16H,3-4H2,(H,12,15)/q-1. The summed E-state index contributed by atoms with van der Waals surface area (Å²) < 4.78 is 0. The molecule has 1 aromatic carbocycles. The summed E-state index contributed by atoms with van der Waals surface area (Å²) >= 11 is 0. The Morgan fingerprint density at radius 2 is 2.24 bits per heavy atom. The Balaban J connectivity index is 2.25. The summed E-state index contributed by atoms with van der Waals surface area (Å²) in [5, 5.41) is 23.1. The monoisotopic (exact) mass is 232 g/mol. The Hall–Kier alpha value is -2.05. The van der Waals surface area contributed by atoms with E-state index in [1.165, 1.54) is 6.07 Å². The minimum Gasteiger partial charge on any atom is -0.733 e. The second-order valence-corrected chi connectivity index (χ2v) is 3.99. The molecule has 88 valence electrons. The normalized spacial score (nSPS) is 14.6. The number of fused-ring (bicyclic) bond motifs is 3. The topological polar surface area (TPSA) is 91.4 Å². The third kappa shape index (κ3) is 1.46. The van der Waals surface area contributed by atoms with E-state index < -0.39 is 0 Å². The Labute approximate surface area is 96.4 Å². The molecule has 3 rings (SSSR count). The number of nitrogens with zero attached hydrogens (tertiary/aromatic N) is 1. The molecule has 1 aliphatic rings. The molecule has 0 aliphatic carbocycles. The fraction of sp³-hybridized carbons (Fsp3) is 0.182. The van der Waals surface area contributed by atoms with Gasteiger partial charge in [-0.05, 0) is 30.2 Å². The molecule has 3 N–H and O–H groups in total. The van der Waals surface area contributed by atoms with Crippen LogP contribution in [0.3, 0.4) is 0 Å². The Morgan fingerprint density at radius 1 is 1.41 bits per heavy atom. The zero-order chi connectivity index (χ0) is 12.0. The van der Waals surface area contributed by atoms with Crippen molar-refractivity contribution in [3.8, 4) is 0 Å². The minimum absolute atomic E-state index is 0.132. The SMILES string of the molecule is O=C1NCCc2c1[nH]c1ccc(N([O-])O)cc21. The van der Waals surface area contributed by atoms with Crippen molar-refractivity contribution in [2.75, 3.05) is 11.8 Å². The highest BCUT2D eigenvalue weighted by Gasteiger charge is 2.21. The summed E-state index contributed by atoms with van der Waals surface area (Å²) in [7, 11) is 0. The fourth-order valence-electron chi connectivity index (χ4n) is 2.20. The van der Waals surface area contributed by atoms with E-state index in [2.05, 4.69) is 10.3 Å². The number of aromatic amines is 1. The molecule has 1 amide bonds. The van der Waals surface area contributed by atoms with Gasteiger partial charge in [0, 0.05) is 17.4 Å². The maximum atomic E-state index is 11.6. The molecule has 0 bridgehead atoms. The quantitative estimate of drug-likeness (QED) is 0.643. The molecule has 0 saturated heterocycles. The van der Waals surface area contributed by atoms with Crippen molar-refractivity contribution in [2.45, 2.75) is 6.42 Å². The van der Waals surface area contributed by atoms with Gasteiger partial charge in [0.2, 0.25) is 0 Å². The molecule has 0 unspecified atom stereocenters. The van der Waals surface area contributed by atoms with Gasteiger partial charge in [0.1, 0.15) is 5.69 Å². The highest BCUT2D eigenvalue weighted by atomic mass is 16.8. The van der Waals surface area contributed by atoms with Crippen LogP contribution in [0.2, 0.25) is 0 Å². The van der Waals surface area contributed by atoms with Crippen molar-refractivity contribution >= 4 is 22.5 Å². The number of carbonyl (C=O) groups excluding carboxylic acids is 1. The van der Waals surface area contributed by atoms with Gasteiger partial charge in [0.05, 0.1) is 5.69 Å². The summed E-state index contributed by atoms with van der Waals surface area (Å²) in [4.78, 5) is 14.6. The second kappa shape index (κ2) is 3.47. The molecule has 2 aromatic rings. The predicted molar refractivity (Wildman–Crippen MR) is 62.0 cm³/mol. The lowest BCUT2D eigenvalue weighted by atomic mass is 10.0. The van der Waals surface area contributed by atoms with E-state index in [-0.39, 0.29) is 16.8 Å². The zero-order valence-electron chi connectivity index (χ0n) is 8.86. The van der Waals surface area contributed by atoms with Crippen LogP contribution in [0.5, 0.6) is 0 Å². The molecule has 1 aliphatic heterocycles. The summed E-state index contributed by atoms with van der Waals surface area (Å²) in [6.45, 7) is 0.587. The number of nitrogens with one attached hydrogen (secondary N) is 2. The van der Waals surface area contributed by atoms with Gasteiger partial charge < -0.3 is 20.7 Å². The number of anilines is 1. The van der Waals surface area contributed by atoms with Crippen molar-refractivity contribution in [3.63, 3.8) is 0 Å². The zero-order valence-corrected chi connectivity index (χ0v) is 8.86. The first kappa shape index (κ1) is 10.1. The van der Waals surface area contributed by atoms with E-state index in [1.54, 1.807) is 12.1 Å². The van der Waals surface area contributed by atoms with Gasteiger partial charge in [-0.3, -0.25) is 10.0 Å². The predicted octanol–water partition coefficient (Wildman–Crippen LogP) is 1.15. The summed E-state index contributed by atoms with van der Waals surface area (Å²) in [6, 6.07) is 4.75. The van der Waals surface area contributed by atoms with Gasteiger partial charge in [-0.2, -0.15) is 0 Å². The van der Waals surface area contributed by atoms with Crippen LogP contribution in [0, 0.1) is 5.21 Å². The van der Waals surface area contributed by atoms with E-state index >= 15 is 0 Å². The molecule has 0 atom stereocenters. The first-order valence-corrected chi connectivity index (χ1v) is 5.26. The third-order valence-corrected chi connectivity index (χ3v) is 3.00. The number of H-pyrrole nitrogens is 1. The van der Waals surface area contributed by atoms with E-state index in [0.717, 1.165) is 22.9 Å². The first-order chi connectivity index (χ1) is 8.16. The van der Waals surface area contributed by atoms with E-state index in [1.807, 2.05) is 0 Å². The average Bonchev–Trinajstić information content (AvgIpc) is 2.68. The number of amides is 1. The molecule has 1 aromatic heterocycles. The number of hydrogen-bond acceptors (Lipinski definition) is 4. The number of benzene rings is 1. The second-order valence-electron chi connectivity index (χ2n) is 3.99. The molecule has 6 nitrogen and oxygen atoms in total. The minimum atomic E-state index is -0.179. The van der Waals surface area contributed by atoms with Crippen molar-refractivity contribution in [1.29, 1.82) is 0 Å². The van der Waals surface area contributed by atoms with Crippen LogP contribution >= 0.6 is 0 Å². The van der Waals surface area contributed by atoms with Crippen LogP contribution in [-0.2, 0) is 6.42 Å². The van der Waals surface area contributed by atoms with E-state index in [4.69, 9.17) is 5.21 Å². The molecule has 17 heavy (non-hydrogen) atoms. The molecule has 0 fully saturated rings. The van der Waals surface area contributed by atoms with Crippen molar-refractivity contribution in [1.82, 2.24) is 10.3 Å². The van der Waals surface area contributed by atoms with Crippen LogP contribution in [0.15, 0.2) is 18.2 Å². The Kier molecular flexibility index (Phi) is 2.07. The smallest absolute Gasteiger partial charge is 0.268 e. The lowest BCUT2D eigenvalue weighted by Gasteiger charge is -2.21. The third-order valence-electron chi connectivity index (χ3n) is 3.00. The van der Waals surface area contributed by atoms with Crippen LogP contribution in [0.25, 0.3) is 10.9 Å². The van der Waals surface area contributed by atoms with E-state index in [9.17, 15) is 10.0 Å². The highest BCUT2D eigenvalue weighted by molar-refractivity contribution is 6.02. The molecule has 6 heteroatoms. The van der Waals surface area contributed by atoms with Crippen LogP contribution in [0.1, 0.15) is 16.1 Å². The lowest BCUT2D eigenvalue weighted by Crippen LogP contribution is -2.31. The molecular weight excluding hydrogens is 222 g/mol. The molecule has 0 radical (unpaired) electrons. The summed E-state index contributed by atoms with van der Waals surface area (Å²) in [6.07, 6.45) is 0.717. The number of carbonyl (C=O) groups is 1. The van der Waals surface area contributed by atoms with E-state index in [0.29, 0.717) is 12.2 Å². The fourth-order valence-corrected chi connectivity index (χ4v) is 2.20. The Morgan fingerprint density at radius 3 is 3.00 bits per heavy atom. The van der Waals surface area contributed by atoms with Gasteiger partial charge in [-0.25, -0.2) is 0 Å². The number of rotatable bonds is 1. The highest BCUT2D eigenvalue weighted by Crippen LogP contribution is 2.28. The largest absolute Gasteiger partial charge is 0.733 e. The molecule has 2 heterocycles. The van der Waals surface area contributed by atoms with Crippen LogP contribution < -0.4 is 10.5 Å². The van der Waals surface area contributed by atoms with Gasteiger partial charge in [0.25, 0.3) is 5.91 Å².